The summed E-state index contributed by atoms with van der Waals surface area (Å²) in [7, 11) is 0. The molecule has 3 rings (SSSR count). The molecule has 1 heterocycles. The number of aryl methyl sites for hydroxylation is 2. The summed E-state index contributed by atoms with van der Waals surface area (Å²) in [6, 6.07) is 15.5. The lowest BCUT2D eigenvalue weighted by atomic mass is 10.1. The van der Waals surface area contributed by atoms with Crippen molar-refractivity contribution >= 4 is 22.7 Å². The molecular weight excluding hydrogens is 326 g/mol. The molecule has 134 valence electrons. The molecule has 26 heavy (non-hydrogen) atoms. The number of H-pyrrole nitrogens is 1. The molecule has 0 spiro atoms. The van der Waals surface area contributed by atoms with E-state index in [1.807, 2.05) is 36.5 Å². The number of fused-ring (bicyclic) bond motifs is 1. The number of amides is 2. The van der Waals surface area contributed by atoms with Crippen molar-refractivity contribution in [2.75, 3.05) is 0 Å². The largest absolute Gasteiger partial charge is 0.361 e. The van der Waals surface area contributed by atoms with E-state index in [1.54, 1.807) is 12.1 Å². The zero-order valence-corrected chi connectivity index (χ0v) is 14.8. The Morgan fingerprint density at radius 1 is 1.00 bits per heavy atom. The molecule has 0 saturated carbocycles. The van der Waals surface area contributed by atoms with Crippen LogP contribution < -0.4 is 10.9 Å². The second-order valence-electron chi connectivity index (χ2n) is 6.27. The molecule has 0 radical (unpaired) electrons. The van der Waals surface area contributed by atoms with Crippen LogP contribution in [0.5, 0.6) is 0 Å². The summed E-state index contributed by atoms with van der Waals surface area (Å²) >= 11 is 0. The van der Waals surface area contributed by atoms with Gasteiger partial charge in [-0.05, 0) is 48.6 Å². The number of rotatable bonds is 6. The second kappa shape index (κ2) is 8.34. The zero-order chi connectivity index (χ0) is 18.4. The molecule has 0 fully saturated rings. The van der Waals surface area contributed by atoms with Crippen LogP contribution in [0.15, 0.2) is 54.7 Å². The highest BCUT2D eigenvalue weighted by atomic mass is 16.2. The van der Waals surface area contributed by atoms with Gasteiger partial charge in [0, 0.05) is 29.1 Å². The van der Waals surface area contributed by atoms with Crippen LogP contribution in [0.1, 0.15) is 41.3 Å². The van der Waals surface area contributed by atoms with Crippen molar-refractivity contribution in [1.82, 2.24) is 15.8 Å². The molecule has 5 heteroatoms. The van der Waals surface area contributed by atoms with Crippen LogP contribution >= 0.6 is 0 Å². The summed E-state index contributed by atoms with van der Waals surface area (Å²) < 4.78 is 0. The molecule has 0 saturated heterocycles. The van der Waals surface area contributed by atoms with Gasteiger partial charge in [-0.2, -0.15) is 0 Å². The second-order valence-corrected chi connectivity index (χ2v) is 6.27. The molecule has 0 atom stereocenters. The van der Waals surface area contributed by atoms with Gasteiger partial charge in [0.2, 0.25) is 5.91 Å². The van der Waals surface area contributed by atoms with Crippen LogP contribution in [-0.4, -0.2) is 16.8 Å². The minimum atomic E-state index is -0.308. The zero-order valence-electron chi connectivity index (χ0n) is 14.8. The van der Waals surface area contributed by atoms with E-state index in [0.29, 0.717) is 12.0 Å². The van der Waals surface area contributed by atoms with Crippen molar-refractivity contribution in [3.8, 4) is 0 Å². The van der Waals surface area contributed by atoms with E-state index in [1.165, 1.54) is 16.5 Å². The molecular formula is C21H23N3O2. The van der Waals surface area contributed by atoms with E-state index < -0.39 is 0 Å². The van der Waals surface area contributed by atoms with Gasteiger partial charge in [-0.25, -0.2) is 0 Å². The van der Waals surface area contributed by atoms with Crippen molar-refractivity contribution < 1.29 is 9.59 Å². The molecule has 0 bridgehead atoms. The number of hydrazine groups is 1. The third-order valence-corrected chi connectivity index (χ3v) is 4.46. The van der Waals surface area contributed by atoms with E-state index in [-0.39, 0.29) is 11.8 Å². The highest BCUT2D eigenvalue weighted by Gasteiger charge is 2.08. The lowest BCUT2D eigenvalue weighted by molar-refractivity contribution is -0.121. The molecule has 0 unspecified atom stereocenters. The minimum Gasteiger partial charge on any atom is -0.361 e. The first-order valence-corrected chi connectivity index (χ1v) is 8.90. The maximum Gasteiger partial charge on any atom is 0.269 e. The van der Waals surface area contributed by atoms with Crippen LogP contribution in [0.2, 0.25) is 0 Å². The third kappa shape index (κ3) is 4.30. The molecule has 0 aliphatic rings. The number of hydrogen-bond acceptors (Lipinski definition) is 2. The number of aromatic amines is 1. The van der Waals surface area contributed by atoms with Crippen LogP contribution in [0, 0.1) is 0 Å². The summed E-state index contributed by atoms with van der Waals surface area (Å²) in [5.74, 6) is -0.499. The van der Waals surface area contributed by atoms with E-state index >= 15 is 0 Å². The van der Waals surface area contributed by atoms with Crippen molar-refractivity contribution in [3.63, 3.8) is 0 Å². The number of para-hydroxylation sites is 1. The minimum absolute atomic E-state index is 0.191. The number of carbonyl (C=O) groups is 2. The average molecular weight is 349 g/mol. The summed E-state index contributed by atoms with van der Waals surface area (Å²) in [5.41, 5.74) is 8.95. The van der Waals surface area contributed by atoms with E-state index in [9.17, 15) is 9.59 Å². The van der Waals surface area contributed by atoms with Gasteiger partial charge >= 0.3 is 0 Å². The van der Waals surface area contributed by atoms with Gasteiger partial charge in [0.05, 0.1) is 0 Å². The van der Waals surface area contributed by atoms with Gasteiger partial charge in [0.25, 0.3) is 5.91 Å². The van der Waals surface area contributed by atoms with Gasteiger partial charge < -0.3 is 4.98 Å². The fourth-order valence-corrected chi connectivity index (χ4v) is 2.93. The number of carbonyl (C=O) groups excluding carboxylic acids is 2. The fourth-order valence-electron chi connectivity index (χ4n) is 2.93. The Balaban J connectivity index is 1.43. The first kappa shape index (κ1) is 17.7. The van der Waals surface area contributed by atoms with Crippen molar-refractivity contribution in [1.29, 1.82) is 0 Å². The molecule has 0 aliphatic heterocycles. The molecule has 3 N–H and O–H groups in total. The first-order valence-electron chi connectivity index (χ1n) is 8.90. The fraction of sp³-hybridized carbons (Fsp3) is 0.238. The Hall–Kier alpha value is -3.08. The highest BCUT2D eigenvalue weighted by molar-refractivity contribution is 5.95. The monoisotopic (exact) mass is 349 g/mol. The van der Waals surface area contributed by atoms with Crippen molar-refractivity contribution in [2.45, 2.75) is 32.6 Å². The van der Waals surface area contributed by atoms with Gasteiger partial charge in [-0.1, -0.05) is 37.3 Å². The third-order valence-electron chi connectivity index (χ3n) is 4.46. The lowest BCUT2D eigenvalue weighted by Crippen LogP contribution is -2.41. The number of benzene rings is 2. The van der Waals surface area contributed by atoms with E-state index in [2.05, 4.69) is 28.8 Å². The Labute approximate surface area is 152 Å². The Bertz CT molecular complexity index is 897. The number of aromatic nitrogens is 1. The topological polar surface area (TPSA) is 74.0 Å². The van der Waals surface area contributed by atoms with E-state index in [4.69, 9.17) is 0 Å². The molecule has 2 aromatic carbocycles. The molecule has 2 amide bonds. The lowest BCUT2D eigenvalue weighted by Gasteiger charge is -2.08. The Kier molecular flexibility index (Phi) is 5.69. The predicted octanol–water partition coefficient (Wildman–Crippen LogP) is 3.51. The van der Waals surface area contributed by atoms with Gasteiger partial charge in [-0.3, -0.25) is 20.4 Å². The number of hydrogen-bond donors (Lipinski definition) is 3. The maximum atomic E-state index is 12.0. The smallest absolute Gasteiger partial charge is 0.269 e. The standard InChI is InChI=1S/C21H23N3O2/c1-2-15-10-12-16(13-11-15)21(26)24-23-20(25)9-5-6-17-14-22-19-8-4-3-7-18(17)19/h3-4,7-8,10-14,22H,2,5-6,9H2,1H3,(H,23,25)(H,24,26). The van der Waals surface area contributed by atoms with Crippen LogP contribution in [0.25, 0.3) is 10.9 Å². The Morgan fingerprint density at radius 3 is 2.54 bits per heavy atom. The van der Waals surface area contributed by atoms with Gasteiger partial charge in [0.15, 0.2) is 0 Å². The normalized spacial score (nSPS) is 10.7. The van der Waals surface area contributed by atoms with Gasteiger partial charge in [-0.15, -0.1) is 0 Å². The van der Waals surface area contributed by atoms with Crippen LogP contribution in [0.3, 0.4) is 0 Å². The highest BCUT2D eigenvalue weighted by Crippen LogP contribution is 2.19. The van der Waals surface area contributed by atoms with Gasteiger partial charge in [0.1, 0.15) is 0 Å². The Morgan fingerprint density at radius 2 is 1.77 bits per heavy atom. The van der Waals surface area contributed by atoms with Crippen molar-refractivity contribution in [3.05, 3.63) is 71.4 Å². The van der Waals surface area contributed by atoms with E-state index in [0.717, 1.165) is 24.8 Å². The maximum absolute atomic E-state index is 12.0. The van der Waals surface area contributed by atoms with Crippen molar-refractivity contribution in [2.24, 2.45) is 0 Å². The summed E-state index contributed by atoms with van der Waals surface area (Å²) in [5, 5.41) is 1.19. The average Bonchev–Trinajstić information content (AvgIpc) is 3.09. The van der Waals surface area contributed by atoms with Crippen LogP contribution in [-0.2, 0) is 17.6 Å². The molecule has 0 aliphatic carbocycles. The number of nitrogens with one attached hydrogen (secondary N) is 3. The summed E-state index contributed by atoms with van der Waals surface area (Å²) in [6.45, 7) is 2.06. The predicted molar refractivity (Wildman–Crippen MR) is 103 cm³/mol. The quantitative estimate of drug-likeness (QED) is 0.596. The first-order chi connectivity index (χ1) is 12.7. The molecule has 3 aromatic rings. The SMILES string of the molecule is CCc1ccc(C(=O)NNC(=O)CCCc2c[nH]c3ccccc23)cc1. The molecule has 1 aromatic heterocycles. The van der Waals surface area contributed by atoms with Crippen LogP contribution in [0.4, 0.5) is 0 Å². The summed E-state index contributed by atoms with van der Waals surface area (Å²) in [6.07, 6.45) is 4.80. The molecule has 5 nitrogen and oxygen atoms in total. The summed E-state index contributed by atoms with van der Waals surface area (Å²) in [4.78, 5) is 27.2.